The summed E-state index contributed by atoms with van der Waals surface area (Å²) in [5, 5.41) is 7.22. The van der Waals surface area contributed by atoms with Gasteiger partial charge in [-0.1, -0.05) is 18.2 Å². The summed E-state index contributed by atoms with van der Waals surface area (Å²) in [5.41, 5.74) is 2.36. The molecule has 0 unspecified atom stereocenters. The van der Waals surface area contributed by atoms with Gasteiger partial charge in [0.1, 0.15) is 0 Å². The minimum absolute atomic E-state index is 0.0561. The van der Waals surface area contributed by atoms with Crippen LogP contribution in [0.1, 0.15) is 51.6 Å². The Labute approximate surface area is 166 Å². The number of likely N-dealkylation sites (tertiary alicyclic amines) is 1. The van der Waals surface area contributed by atoms with E-state index in [1.807, 2.05) is 11.9 Å². The van der Waals surface area contributed by atoms with Crippen LogP contribution < -0.4 is 0 Å². The molecule has 1 aliphatic carbocycles. The van der Waals surface area contributed by atoms with Crippen molar-refractivity contribution < 1.29 is 18.0 Å². The highest BCUT2D eigenvalue weighted by Crippen LogP contribution is 2.49. The predicted molar refractivity (Wildman–Crippen MR) is 100 cm³/mol. The van der Waals surface area contributed by atoms with E-state index >= 15 is 0 Å². The number of aromatic nitrogens is 2. The van der Waals surface area contributed by atoms with E-state index in [9.17, 15) is 18.0 Å². The molecule has 5 rings (SSSR count). The van der Waals surface area contributed by atoms with Gasteiger partial charge < -0.3 is 4.90 Å². The average Bonchev–Trinajstić information content (AvgIpc) is 3.39. The molecule has 2 aliphatic heterocycles. The number of carbonyl (C=O) groups is 1. The lowest BCUT2D eigenvalue weighted by Crippen LogP contribution is -2.31. The topological polar surface area (TPSA) is 52.2 Å². The molecule has 2 fully saturated rings. The highest BCUT2D eigenvalue weighted by molar-refractivity contribution is 5.94. The van der Waals surface area contributed by atoms with Gasteiger partial charge in [0, 0.05) is 31.7 Å². The summed E-state index contributed by atoms with van der Waals surface area (Å²) < 4.78 is 40.2. The molecule has 0 spiro atoms. The Morgan fingerprint density at radius 3 is 2.52 bits per heavy atom. The number of halogens is 3. The molecule has 1 saturated heterocycles. The molecule has 2 aromatic rings. The number of hydrogen-bond acceptors (Lipinski definition) is 3. The molecule has 0 radical (unpaired) electrons. The van der Waals surface area contributed by atoms with E-state index in [0.29, 0.717) is 43.7 Å². The fraction of sp³-hybridized carbons (Fsp3) is 0.524. The molecule has 1 aromatic carbocycles. The Bertz CT molecular complexity index is 940. The number of alkyl halides is 3. The molecule has 1 N–H and O–H groups in total. The van der Waals surface area contributed by atoms with Crippen molar-refractivity contribution in [2.45, 2.75) is 38.0 Å². The summed E-state index contributed by atoms with van der Waals surface area (Å²) in [6.07, 6.45) is -2.93. The standard InChI is InChI=1S/C21H23F3N4O/c1-27-10-16-18(11-27)25-26-19(16)20(29)28-8-13-6-12(7-14(13)9-28)15-4-2-3-5-17(15)21(22,23)24/h2-5,12-14H,6-11H2,1H3,(H,25,26)/t12-,13+,14-. The Balaban J connectivity index is 1.30. The van der Waals surface area contributed by atoms with Gasteiger partial charge in [-0.25, -0.2) is 0 Å². The molecular weight excluding hydrogens is 381 g/mol. The molecule has 5 nitrogen and oxygen atoms in total. The first-order valence-electron chi connectivity index (χ1n) is 10.0. The number of amides is 1. The van der Waals surface area contributed by atoms with Crippen LogP contribution in [-0.2, 0) is 19.3 Å². The van der Waals surface area contributed by atoms with E-state index in [2.05, 4.69) is 15.1 Å². The largest absolute Gasteiger partial charge is 0.416 e. The second kappa shape index (κ2) is 6.58. The zero-order valence-electron chi connectivity index (χ0n) is 16.2. The van der Waals surface area contributed by atoms with Crippen molar-refractivity contribution in [3.8, 4) is 0 Å². The number of fused-ring (bicyclic) bond motifs is 2. The van der Waals surface area contributed by atoms with Crippen molar-refractivity contribution in [2.24, 2.45) is 11.8 Å². The van der Waals surface area contributed by atoms with Crippen molar-refractivity contribution in [1.82, 2.24) is 20.0 Å². The summed E-state index contributed by atoms with van der Waals surface area (Å²) >= 11 is 0. The van der Waals surface area contributed by atoms with Crippen LogP contribution in [0.3, 0.4) is 0 Å². The maximum atomic E-state index is 13.4. The lowest BCUT2D eigenvalue weighted by Gasteiger charge is -2.21. The molecule has 29 heavy (non-hydrogen) atoms. The second-order valence-electron chi connectivity index (χ2n) is 8.69. The molecular formula is C21H23F3N4O. The third kappa shape index (κ3) is 3.13. The zero-order chi connectivity index (χ0) is 20.3. The molecule has 0 bridgehead atoms. The number of rotatable bonds is 2. The highest BCUT2D eigenvalue weighted by atomic mass is 19.4. The first-order valence-corrected chi connectivity index (χ1v) is 10.0. The summed E-state index contributed by atoms with van der Waals surface area (Å²) in [5.74, 6) is 0.350. The number of carbonyl (C=O) groups excluding carboxylic acids is 1. The lowest BCUT2D eigenvalue weighted by atomic mass is 9.91. The number of aromatic amines is 1. The Kier molecular flexibility index (Phi) is 4.24. The normalized spacial score (nSPS) is 26.8. The van der Waals surface area contributed by atoms with Crippen molar-refractivity contribution in [3.63, 3.8) is 0 Å². The summed E-state index contributed by atoms with van der Waals surface area (Å²) in [4.78, 5) is 17.0. The predicted octanol–water partition coefficient (Wildman–Crippen LogP) is 3.64. The number of benzene rings is 1. The van der Waals surface area contributed by atoms with Crippen LogP contribution in [-0.4, -0.2) is 46.0 Å². The van der Waals surface area contributed by atoms with Crippen molar-refractivity contribution in [2.75, 3.05) is 20.1 Å². The van der Waals surface area contributed by atoms with E-state index in [-0.39, 0.29) is 23.7 Å². The van der Waals surface area contributed by atoms with Crippen LogP contribution in [0.25, 0.3) is 0 Å². The van der Waals surface area contributed by atoms with Crippen LogP contribution in [0.5, 0.6) is 0 Å². The number of nitrogens with zero attached hydrogens (tertiary/aromatic N) is 3. The van der Waals surface area contributed by atoms with Gasteiger partial charge in [-0.05, 0) is 49.3 Å². The van der Waals surface area contributed by atoms with Crippen molar-refractivity contribution in [3.05, 3.63) is 52.3 Å². The number of nitrogens with one attached hydrogen (secondary N) is 1. The number of hydrogen-bond donors (Lipinski definition) is 1. The molecule has 1 saturated carbocycles. The quantitative estimate of drug-likeness (QED) is 0.832. The van der Waals surface area contributed by atoms with Gasteiger partial charge in [0.2, 0.25) is 0 Å². The average molecular weight is 404 g/mol. The summed E-state index contributed by atoms with van der Waals surface area (Å²) in [6.45, 7) is 2.68. The van der Waals surface area contributed by atoms with E-state index in [1.165, 1.54) is 12.1 Å². The molecule has 1 amide bonds. The van der Waals surface area contributed by atoms with Gasteiger partial charge >= 0.3 is 6.18 Å². The third-order valence-corrected chi connectivity index (χ3v) is 6.76. The molecule has 8 heteroatoms. The smallest absolute Gasteiger partial charge is 0.337 e. The van der Waals surface area contributed by atoms with Crippen LogP contribution in [0.2, 0.25) is 0 Å². The fourth-order valence-corrected chi connectivity index (χ4v) is 5.46. The van der Waals surface area contributed by atoms with Crippen LogP contribution in [0.15, 0.2) is 24.3 Å². The Morgan fingerprint density at radius 2 is 1.83 bits per heavy atom. The summed E-state index contributed by atoms with van der Waals surface area (Å²) in [7, 11) is 2.00. The van der Waals surface area contributed by atoms with Gasteiger partial charge in [0.05, 0.1) is 11.3 Å². The molecule has 3 aliphatic rings. The van der Waals surface area contributed by atoms with Crippen LogP contribution >= 0.6 is 0 Å². The second-order valence-corrected chi connectivity index (χ2v) is 8.69. The van der Waals surface area contributed by atoms with E-state index < -0.39 is 11.7 Å². The third-order valence-electron chi connectivity index (χ3n) is 6.76. The Hall–Kier alpha value is -2.35. The minimum atomic E-state index is -4.33. The first kappa shape index (κ1) is 18.7. The monoisotopic (exact) mass is 404 g/mol. The SMILES string of the molecule is CN1Cc2[nH]nc(C(=O)N3C[C@H]4C[C@H](c5ccccc5C(F)(F)F)C[C@H]4C3)c2C1. The van der Waals surface area contributed by atoms with E-state index in [0.717, 1.165) is 17.8 Å². The summed E-state index contributed by atoms with van der Waals surface area (Å²) in [6, 6.07) is 5.92. The van der Waals surface area contributed by atoms with Crippen molar-refractivity contribution in [1.29, 1.82) is 0 Å². The maximum absolute atomic E-state index is 13.4. The molecule has 154 valence electrons. The first-order chi connectivity index (χ1) is 13.8. The minimum Gasteiger partial charge on any atom is -0.337 e. The number of H-pyrrole nitrogens is 1. The van der Waals surface area contributed by atoms with Gasteiger partial charge in [-0.3, -0.25) is 14.8 Å². The van der Waals surface area contributed by atoms with Crippen LogP contribution in [0, 0.1) is 11.8 Å². The van der Waals surface area contributed by atoms with E-state index in [4.69, 9.17) is 0 Å². The van der Waals surface area contributed by atoms with Gasteiger partial charge in [0.15, 0.2) is 5.69 Å². The molecule has 3 heterocycles. The Morgan fingerprint density at radius 1 is 1.14 bits per heavy atom. The molecule has 1 aromatic heterocycles. The molecule has 3 atom stereocenters. The highest BCUT2D eigenvalue weighted by Gasteiger charge is 2.45. The van der Waals surface area contributed by atoms with Gasteiger partial charge in [-0.2, -0.15) is 18.3 Å². The van der Waals surface area contributed by atoms with Crippen LogP contribution in [0.4, 0.5) is 13.2 Å². The van der Waals surface area contributed by atoms with E-state index in [1.54, 1.807) is 12.1 Å². The van der Waals surface area contributed by atoms with Gasteiger partial charge in [0.25, 0.3) is 5.91 Å². The van der Waals surface area contributed by atoms with Gasteiger partial charge in [-0.15, -0.1) is 0 Å². The lowest BCUT2D eigenvalue weighted by molar-refractivity contribution is -0.138. The van der Waals surface area contributed by atoms with Crippen molar-refractivity contribution >= 4 is 5.91 Å². The fourth-order valence-electron chi connectivity index (χ4n) is 5.46. The zero-order valence-corrected chi connectivity index (χ0v) is 16.2. The maximum Gasteiger partial charge on any atom is 0.416 e.